The van der Waals surface area contributed by atoms with Gasteiger partial charge < -0.3 is 15.5 Å². The first-order chi connectivity index (χ1) is 8.29. The Morgan fingerprint density at radius 2 is 2.24 bits per heavy atom. The zero-order valence-corrected chi connectivity index (χ0v) is 10.1. The Hall–Kier alpha value is -0.900. The smallest absolute Gasteiger partial charge is 0.102 e. The van der Waals surface area contributed by atoms with Crippen molar-refractivity contribution in [1.29, 1.82) is 0 Å². The normalized spacial score (nSPS) is 22.4. The van der Waals surface area contributed by atoms with Gasteiger partial charge in [-0.05, 0) is 36.9 Å². The lowest BCUT2D eigenvalue weighted by Gasteiger charge is -2.23. The van der Waals surface area contributed by atoms with Gasteiger partial charge >= 0.3 is 0 Å². The Morgan fingerprint density at radius 1 is 1.35 bits per heavy atom. The van der Waals surface area contributed by atoms with Crippen LogP contribution in [0.15, 0.2) is 24.3 Å². The third-order valence-corrected chi connectivity index (χ3v) is 3.40. The van der Waals surface area contributed by atoms with E-state index in [1.54, 1.807) is 0 Å². The summed E-state index contributed by atoms with van der Waals surface area (Å²) in [7, 11) is 0. The lowest BCUT2D eigenvalue weighted by atomic mass is 9.96. The second-order valence-corrected chi connectivity index (χ2v) is 4.79. The van der Waals surface area contributed by atoms with E-state index in [0.717, 1.165) is 18.5 Å². The van der Waals surface area contributed by atoms with E-state index in [1.807, 2.05) is 18.2 Å². The maximum absolute atomic E-state index is 9.59. The SMILES string of the molecule is OCC(O)c1cccc(CC2CCCCN2)c1. The molecule has 1 fully saturated rings. The molecule has 0 bridgehead atoms. The van der Waals surface area contributed by atoms with Gasteiger partial charge in [0.15, 0.2) is 0 Å². The molecule has 1 saturated heterocycles. The predicted molar refractivity (Wildman–Crippen MR) is 67.8 cm³/mol. The molecule has 17 heavy (non-hydrogen) atoms. The summed E-state index contributed by atoms with van der Waals surface area (Å²) in [6, 6.07) is 8.46. The van der Waals surface area contributed by atoms with E-state index in [0.29, 0.717) is 6.04 Å². The minimum atomic E-state index is -0.755. The quantitative estimate of drug-likeness (QED) is 0.739. The summed E-state index contributed by atoms with van der Waals surface area (Å²) in [5.74, 6) is 0. The molecule has 1 heterocycles. The molecule has 94 valence electrons. The van der Waals surface area contributed by atoms with Crippen molar-refractivity contribution < 1.29 is 10.2 Å². The van der Waals surface area contributed by atoms with Crippen molar-refractivity contribution in [2.24, 2.45) is 0 Å². The molecule has 0 saturated carbocycles. The van der Waals surface area contributed by atoms with Gasteiger partial charge in [0.1, 0.15) is 6.10 Å². The molecule has 1 aromatic rings. The molecule has 2 unspecified atom stereocenters. The minimum absolute atomic E-state index is 0.217. The highest BCUT2D eigenvalue weighted by molar-refractivity contribution is 5.26. The standard InChI is InChI=1S/C14H21NO2/c16-10-14(17)12-5-3-4-11(8-12)9-13-6-1-2-7-15-13/h3-5,8,13-17H,1-2,6-7,9-10H2. The van der Waals surface area contributed by atoms with Gasteiger partial charge in [-0.1, -0.05) is 30.7 Å². The zero-order valence-electron chi connectivity index (χ0n) is 10.1. The van der Waals surface area contributed by atoms with Crippen molar-refractivity contribution in [3.63, 3.8) is 0 Å². The lowest BCUT2D eigenvalue weighted by molar-refractivity contribution is 0.0955. The van der Waals surface area contributed by atoms with E-state index >= 15 is 0 Å². The van der Waals surface area contributed by atoms with Gasteiger partial charge in [-0.25, -0.2) is 0 Å². The van der Waals surface area contributed by atoms with Crippen LogP contribution in [0.1, 0.15) is 36.5 Å². The first-order valence-corrected chi connectivity index (χ1v) is 6.40. The van der Waals surface area contributed by atoms with Crippen molar-refractivity contribution in [2.75, 3.05) is 13.2 Å². The molecule has 0 spiro atoms. The van der Waals surface area contributed by atoms with Crippen LogP contribution < -0.4 is 5.32 Å². The number of hydrogen-bond donors (Lipinski definition) is 3. The van der Waals surface area contributed by atoms with Gasteiger partial charge in [-0.3, -0.25) is 0 Å². The summed E-state index contributed by atoms with van der Waals surface area (Å²) < 4.78 is 0. The number of benzene rings is 1. The summed E-state index contributed by atoms with van der Waals surface area (Å²) in [4.78, 5) is 0. The number of aliphatic hydroxyl groups is 2. The van der Waals surface area contributed by atoms with Crippen LogP contribution in [0, 0.1) is 0 Å². The number of piperidine rings is 1. The summed E-state index contributed by atoms with van der Waals surface area (Å²) in [5, 5.41) is 22.1. The van der Waals surface area contributed by atoms with Crippen LogP contribution >= 0.6 is 0 Å². The summed E-state index contributed by atoms with van der Waals surface area (Å²) in [5.41, 5.74) is 2.04. The van der Waals surface area contributed by atoms with Gasteiger partial charge in [0.2, 0.25) is 0 Å². The Bertz CT molecular complexity index is 348. The summed E-state index contributed by atoms with van der Waals surface area (Å²) >= 11 is 0. The number of nitrogens with one attached hydrogen (secondary N) is 1. The highest BCUT2D eigenvalue weighted by atomic mass is 16.3. The number of rotatable bonds is 4. The highest BCUT2D eigenvalue weighted by Crippen LogP contribution is 2.17. The fourth-order valence-corrected chi connectivity index (χ4v) is 2.42. The molecule has 1 aliphatic heterocycles. The largest absolute Gasteiger partial charge is 0.393 e. The van der Waals surface area contributed by atoms with Crippen LogP contribution in [0.2, 0.25) is 0 Å². The second kappa shape index (κ2) is 6.15. The van der Waals surface area contributed by atoms with Crippen LogP contribution in [0.4, 0.5) is 0 Å². The van der Waals surface area contributed by atoms with Gasteiger partial charge in [0.05, 0.1) is 6.61 Å². The minimum Gasteiger partial charge on any atom is -0.393 e. The first kappa shape index (κ1) is 12.6. The third kappa shape index (κ3) is 3.53. The average molecular weight is 235 g/mol. The van der Waals surface area contributed by atoms with Crippen molar-refractivity contribution in [3.05, 3.63) is 35.4 Å². The molecule has 0 amide bonds. The van der Waals surface area contributed by atoms with Crippen molar-refractivity contribution in [3.8, 4) is 0 Å². The fraction of sp³-hybridized carbons (Fsp3) is 0.571. The van der Waals surface area contributed by atoms with E-state index < -0.39 is 6.10 Å². The van der Waals surface area contributed by atoms with Gasteiger partial charge in [-0.15, -0.1) is 0 Å². The van der Waals surface area contributed by atoms with Crippen molar-refractivity contribution in [2.45, 2.75) is 37.8 Å². The molecule has 0 aliphatic carbocycles. The van der Waals surface area contributed by atoms with E-state index in [4.69, 9.17) is 5.11 Å². The van der Waals surface area contributed by atoms with Crippen LogP contribution in [0.3, 0.4) is 0 Å². The predicted octanol–water partition coefficient (Wildman–Crippen LogP) is 1.40. The Labute approximate surface area is 102 Å². The van der Waals surface area contributed by atoms with E-state index in [2.05, 4.69) is 11.4 Å². The molecular weight excluding hydrogens is 214 g/mol. The average Bonchev–Trinajstić information content (AvgIpc) is 2.39. The third-order valence-electron chi connectivity index (χ3n) is 3.40. The van der Waals surface area contributed by atoms with Crippen molar-refractivity contribution >= 4 is 0 Å². The molecule has 3 heteroatoms. The number of aliphatic hydroxyl groups excluding tert-OH is 2. The zero-order chi connectivity index (χ0) is 12.1. The first-order valence-electron chi connectivity index (χ1n) is 6.40. The van der Waals surface area contributed by atoms with Crippen molar-refractivity contribution in [1.82, 2.24) is 5.32 Å². The van der Waals surface area contributed by atoms with E-state index in [9.17, 15) is 5.11 Å². The summed E-state index contributed by atoms with van der Waals surface area (Å²) in [6.07, 6.45) is 4.06. The number of hydrogen-bond acceptors (Lipinski definition) is 3. The maximum Gasteiger partial charge on any atom is 0.102 e. The molecule has 2 atom stereocenters. The van der Waals surface area contributed by atoms with Gasteiger partial charge in [0, 0.05) is 6.04 Å². The van der Waals surface area contributed by atoms with Crippen LogP contribution in [-0.4, -0.2) is 29.4 Å². The highest BCUT2D eigenvalue weighted by Gasteiger charge is 2.13. The topological polar surface area (TPSA) is 52.5 Å². The van der Waals surface area contributed by atoms with E-state index in [-0.39, 0.29) is 6.61 Å². The Balaban J connectivity index is 2.00. The molecule has 1 aliphatic rings. The molecule has 0 aromatic heterocycles. The van der Waals surface area contributed by atoms with Gasteiger partial charge in [0.25, 0.3) is 0 Å². The molecule has 3 N–H and O–H groups in total. The molecule has 1 aromatic carbocycles. The Kier molecular flexibility index (Phi) is 4.54. The molecule has 2 rings (SSSR count). The molecular formula is C14H21NO2. The fourth-order valence-electron chi connectivity index (χ4n) is 2.42. The Morgan fingerprint density at radius 3 is 2.94 bits per heavy atom. The maximum atomic E-state index is 9.59. The second-order valence-electron chi connectivity index (χ2n) is 4.79. The van der Waals surface area contributed by atoms with Crippen LogP contribution in [0.25, 0.3) is 0 Å². The lowest BCUT2D eigenvalue weighted by Crippen LogP contribution is -2.35. The van der Waals surface area contributed by atoms with Crippen LogP contribution in [0.5, 0.6) is 0 Å². The summed E-state index contributed by atoms with van der Waals surface area (Å²) in [6.45, 7) is 0.898. The van der Waals surface area contributed by atoms with E-state index in [1.165, 1.54) is 24.8 Å². The van der Waals surface area contributed by atoms with Crippen LogP contribution in [-0.2, 0) is 6.42 Å². The molecule has 0 radical (unpaired) electrons. The monoisotopic (exact) mass is 235 g/mol. The van der Waals surface area contributed by atoms with Gasteiger partial charge in [-0.2, -0.15) is 0 Å². The molecule has 3 nitrogen and oxygen atoms in total.